The first-order valence-corrected chi connectivity index (χ1v) is 11.5. The first-order chi connectivity index (χ1) is 14.1. The van der Waals surface area contributed by atoms with Crippen LogP contribution in [0.15, 0.2) is 35.2 Å². The summed E-state index contributed by atoms with van der Waals surface area (Å²) in [5.74, 6) is 0.643. The van der Waals surface area contributed by atoms with Gasteiger partial charge in [-0.15, -0.1) is 0 Å². The molecule has 1 aliphatic rings. The van der Waals surface area contributed by atoms with Crippen molar-refractivity contribution in [1.82, 2.24) is 4.31 Å². The Morgan fingerprint density at radius 2 is 2.03 bits per heavy atom. The third kappa shape index (κ3) is 4.83. The highest BCUT2D eigenvalue weighted by Crippen LogP contribution is 2.38. The number of benzene rings is 2. The molecule has 1 amide bonds. The van der Waals surface area contributed by atoms with Crippen molar-refractivity contribution in [3.8, 4) is 11.5 Å². The molecule has 3 rings (SSSR count). The van der Waals surface area contributed by atoms with Crippen LogP contribution in [0, 0.1) is 0 Å². The number of hydrogen-bond acceptors (Lipinski definition) is 5. The van der Waals surface area contributed by atoms with E-state index in [-0.39, 0.29) is 21.0 Å². The zero-order valence-corrected chi connectivity index (χ0v) is 19.1. The van der Waals surface area contributed by atoms with Crippen molar-refractivity contribution in [2.24, 2.45) is 0 Å². The van der Waals surface area contributed by atoms with E-state index in [1.165, 1.54) is 25.2 Å². The van der Waals surface area contributed by atoms with E-state index in [1.807, 2.05) is 19.9 Å². The lowest BCUT2D eigenvalue weighted by Crippen LogP contribution is -2.35. The topological polar surface area (TPSA) is 84.9 Å². The largest absolute Gasteiger partial charge is 0.492 e. The van der Waals surface area contributed by atoms with Gasteiger partial charge in [0.2, 0.25) is 15.9 Å². The average molecular weight is 473 g/mol. The van der Waals surface area contributed by atoms with Crippen molar-refractivity contribution >= 4 is 44.8 Å². The molecule has 0 radical (unpaired) electrons. The molecule has 2 aromatic carbocycles. The highest BCUT2D eigenvalue weighted by molar-refractivity contribution is 7.89. The van der Waals surface area contributed by atoms with E-state index < -0.39 is 22.5 Å². The number of carbonyl (C=O) groups is 1. The van der Waals surface area contributed by atoms with Crippen molar-refractivity contribution in [2.45, 2.75) is 31.3 Å². The molecule has 0 bridgehead atoms. The van der Waals surface area contributed by atoms with E-state index in [0.29, 0.717) is 23.8 Å². The van der Waals surface area contributed by atoms with E-state index in [1.54, 1.807) is 6.07 Å². The summed E-state index contributed by atoms with van der Waals surface area (Å²) in [6.45, 7) is 3.79. The van der Waals surface area contributed by atoms with Crippen molar-refractivity contribution in [3.05, 3.63) is 45.9 Å². The van der Waals surface area contributed by atoms with E-state index in [2.05, 4.69) is 5.32 Å². The SMILES string of the molecule is CCOc1cc2c(cc1NC(=O)CN(C)S(=O)(=O)c1cc(Cl)ccc1Cl)OC(C)C2. The smallest absolute Gasteiger partial charge is 0.244 e. The molecule has 0 aromatic heterocycles. The molecule has 0 fully saturated rings. The molecular weight excluding hydrogens is 451 g/mol. The molecule has 30 heavy (non-hydrogen) atoms. The summed E-state index contributed by atoms with van der Waals surface area (Å²) in [5, 5.41) is 2.96. The predicted octanol–water partition coefficient (Wildman–Crippen LogP) is 3.97. The first kappa shape index (κ1) is 22.7. The number of sulfonamides is 1. The van der Waals surface area contributed by atoms with Gasteiger partial charge in [0.05, 0.1) is 23.9 Å². The number of nitrogens with one attached hydrogen (secondary N) is 1. The number of carbonyl (C=O) groups excluding carboxylic acids is 1. The average Bonchev–Trinajstić information content (AvgIpc) is 3.02. The van der Waals surface area contributed by atoms with Gasteiger partial charge in [-0.05, 0) is 38.1 Å². The van der Waals surface area contributed by atoms with E-state index in [0.717, 1.165) is 16.3 Å². The predicted molar refractivity (Wildman–Crippen MR) is 116 cm³/mol. The number of ether oxygens (including phenoxy) is 2. The number of nitrogens with zero attached hydrogens (tertiary/aromatic N) is 1. The molecule has 0 spiro atoms. The number of anilines is 1. The highest BCUT2D eigenvalue weighted by atomic mass is 35.5. The van der Waals surface area contributed by atoms with Gasteiger partial charge in [0.1, 0.15) is 22.5 Å². The Balaban J connectivity index is 1.78. The van der Waals surface area contributed by atoms with Gasteiger partial charge < -0.3 is 14.8 Å². The van der Waals surface area contributed by atoms with Gasteiger partial charge in [-0.1, -0.05) is 23.2 Å². The first-order valence-electron chi connectivity index (χ1n) is 9.29. The molecule has 2 aromatic rings. The van der Waals surface area contributed by atoms with Crippen molar-refractivity contribution in [1.29, 1.82) is 0 Å². The Morgan fingerprint density at radius 1 is 1.30 bits per heavy atom. The molecule has 10 heteroatoms. The number of amides is 1. The number of halogens is 2. The summed E-state index contributed by atoms with van der Waals surface area (Å²) >= 11 is 11.9. The van der Waals surface area contributed by atoms with Crippen LogP contribution in [0.2, 0.25) is 10.0 Å². The molecule has 1 unspecified atom stereocenters. The molecule has 1 N–H and O–H groups in total. The molecule has 1 heterocycles. The zero-order chi connectivity index (χ0) is 22.1. The summed E-state index contributed by atoms with van der Waals surface area (Å²) in [6.07, 6.45) is 0.796. The van der Waals surface area contributed by atoms with Crippen LogP contribution < -0.4 is 14.8 Å². The molecular formula is C20H22Cl2N2O5S. The highest BCUT2D eigenvalue weighted by Gasteiger charge is 2.27. The third-order valence-corrected chi connectivity index (χ3v) is 7.04. The number of fused-ring (bicyclic) bond motifs is 1. The minimum Gasteiger partial charge on any atom is -0.492 e. The van der Waals surface area contributed by atoms with Crippen molar-refractivity contribution in [3.63, 3.8) is 0 Å². The molecule has 0 saturated carbocycles. The normalized spacial score (nSPS) is 15.6. The standard InChI is InChI=1S/C20H22Cl2N2O5S/c1-4-28-18-8-13-7-12(2)29-17(13)10-16(18)23-20(25)11-24(3)30(26,27)19-9-14(21)5-6-15(19)22/h5-6,8-10,12H,4,7,11H2,1-3H3,(H,23,25). The summed E-state index contributed by atoms with van der Waals surface area (Å²) in [7, 11) is -2.72. The van der Waals surface area contributed by atoms with Crippen LogP contribution in [-0.2, 0) is 21.2 Å². The van der Waals surface area contributed by atoms with Crippen molar-refractivity contribution < 1.29 is 22.7 Å². The lowest BCUT2D eigenvalue weighted by atomic mass is 10.1. The van der Waals surface area contributed by atoms with Gasteiger partial charge >= 0.3 is 0 Å². The molecule has 0 saturated heterocycles. The summed E-state index contributed by atoms with van der Waals surface area (Å²) in [5.41, 5.74) is 1.42. The summed E-state index contributed by atoms with van der Waals surface area (Å²) in [6, 6.07) is 7.67. The molecule has 7 nitrogen and oxygen atoms in total. The molecule has 1 atom stereocenters. The Hall–Kier alpha value is -2.00. The van der Waals surface area contributed by atoms with Gasteiger partial charge in [0.25, 0.3) is 0 Å². The fraction of sp³-hybridized carbons (Fsp3) is 0.350. The lowest BCUT2D eigenvalue weighted by Gasteiger charge is -2.19. The monoisotopic (exact) mass is 472 g/mol. The van der Waals surface area contributed by atoms with Crippen LogP contribution in [0.1, 0.15) is 19.4 Å². The van der Waals surface area contributed by atoms with Crippen LogP contribution in [-0.4, -0.2) is 44.9 Å². The fourth-order valence-electron chi connectivity index (χ4n) is 3.13. The Labute approximate surface area is 185 Å². The fourth-order valence-corrected chi connectivity index (χ4v) is 4.99. The summed E-state index contributed by atoms with van der Waals surface area (Å²) < 4.78 is 37.9. The second-order valence-electron chi connectivity index (χ2n) is 6.91. The van der Waals surface area contributed by atoms with Crippen LogP contribution >= 0.6 is 23.2 Å². The van der Waals surface area contributed by atoms with E-state index in [4.69, 9.17) is 32.7 Å². The van der Waals surface area contributed by atoms with Gasteiger partial charge in [0, 0.05) is 30.1 Å². The maximum atomic E-state index is 12.8. The van der Waals surface area contributed by atoms with Crippen LogP contribution in [0.25, 0.3) is 0 Å². The minimum absolute atomic E-state index is 0.0233. The molecule has 162 valence electrons. The lowest BCUT2D eigenvalue weighted by molar-refractivity contribution is -0.116. The van der Waals surface area contributed by atoms with Crippen LogP contribution in [0.5, 0.6) is 11.5 Å². The summed E-state index contributed by atoms with van der Waals surface area (Å²) in [4.78, 5) is 12.4. The quantitative estimate of drug-likeness (QED) is 0.658. The second-order valence-corrected chi connectivity index (χ2v) is 9.76. The second kappa shape index (κ2) is 9.01. The molecule has 0 aliphatic carbocycles. The van der Waals surface area contributed by atoms with Gasteiger partial charge in [-0.25, -0.2) is 8.42 Å². The van der Waals surface area contributed by atoms with E-state index >= 15 is 0 Å². The zero-order valence-electron chi connectivity index (χ0n) is 16.7. The maximum Gasteiger partial charge on any atom is 0.244 e. The Kier molecular flexibility index (Phi) is 6.81. The van der Waals surface area contributed by atoms with E-state index in [9.17, 15) is 13.2 Å². The van der Waals surface area contributed by atoms with Crippen molar-refractivity contribution in [2.75, 3.05) is 25.5 Å². The third-order valence-electron chi connectivity index (χ3n) is 4.52. The van der Waals surface area contributed by atoms with Crippen LogP contribution in [0.3, 0.4) is 0 Å². The number of rotatable bonds is 7. The molecule has 1 aliphatic heterocycles. The van der Waals surface area contributed by atoms with Gasteiger partial charge in [-0.2, -0.15) is 4.31 Å². The maximum absolute atomic E-state index is 12.8. The minimum atomic E-state index is -4.02. The van der Waals surface area contributed by atoms with Gasteiger partial charge in [0.15, 0.2) is 0 Å². The Morgan fingerprint density at radius 3 is 2.73 bits per heavy atom. The Bertz CT molecular complexity index is 1080. The van der Waals surface area contributed by atoms with Gasteiger partial charge in [-0.3, -0.25) is 4.79 Å². The van der Waals surface area contributed by atoms with Crippen LogP contribution in [0.4, 0.5) is 5.69 Å². The number of hydrogen-bond donors (Lipinski definition) is 1. The number of likely N-dealkylation sites (N-methyl/N-ethyl adjacent to an activating group) is 1.